The molecular formula is C21H31IN4O3S. The van der Waals surface area contributed by atoms with E-state index >= 15 is 0 Å². The van der Waals surface area contributed by atoms with Crippen molar-refractivity contribution in [2.75, 3.05) is 33.9 Å². The smallest absolute Gasteiger partial charge is 0.240 e. The Morgan fingerprint density at radius 2 is 1.73 bits per heavy atom. The highest BCUT2D eigenvalue weighted by Gasteiger charge is 2.13. The summed E-state index contributed by atoms with van der Waals surface area (Å²) in [5.74, 6) is 0.685. The number of nitrogens with zero attached hydrogens (tertiary/aromatic N) is 1. The quantitative estimate of drug-likeness (QED) is 0.175. The molecule has 0 aromatic heterocycles. The van der Waals surface area contributed by atoms with Crippen molar-refractivity contribution in [2.24, 2.45) is 4.99 Å². The number of aliphatic imine (C=N–C) groups is 1. The summed E-state index contributed by atoms with van der Waals surface area (Å²) >= 11 is 0. The van der Waals surface area contributed by atoms with Gasteiger partial charge in [-0.05, 0) is 36.1 Å². The number of guanidine groups is 1. The number of nitrogens with one attached hydrogen (secondary N) is 3. The van der Waals surface area contributed by atoms with Gasteiger partial charge in [0.2, 0.25) is 10.0 Å². The number of rotatable bonds is 11. The maximum Gasteiger partial charge on any atom is 0.240 e. The van der Waals surface area contributed by atoms with Gasteiger partial charge in [0.15, 0.2) is 5.96 Å². The molecule has 3 N–H and O–H groups in total. The Labute approximate surface area is 196 Å². The van der Waals surface area contributed by atoms with Crippen LogP contribution < -0.4 is 15.4 Å². The second kappa shape index (κ2) is 14.3. The first-order valence-corrected chi connectivity index (χ1v) is 11.1. The van der Waals surface area contributed by atoms with Crippen LogP contribution in [-0.4, -0.2) is 48.2 Å². The van der Waals surface area contributed by atoms with E-state index in [1.807, 2.05) is 24.3 Å². The Hall–Kier alpha value is -1.69. The lowest BCUT2D eigenvalue weighted by Crippen LogP contribution is -2.37. The van der Waals surface area contributed by atoms with Gasteiger partial charge < -0.3 is 15.4 Å². The second-order valence-corrected chi connectivity index (χ2v) is 8.25. The van der Waals surface area contributed by atoms with Crippen LogP contribution in [0.15, 0.2) is 64.5 Å². The molecule has 0 aliphatic heterocycles. The number of sulfonamides is 1. The second-order valence-electron chi connectivity index (χ2n) is 6.48. The lowest BCUT2D eigenvalue weighted by Gasteiger charge is -2.13. The maximum absolute atomic E-state index is 12.3. The summed E-state index contributed by atoms with van der Waals surface area (Å²) in [7, 11) is -0.300. The van der Waals surface area contributed by atoms with Gasteiger partial charge in [-0.25, -0.2) is 13.1 Å². The van der Waals surface area contributed by atoms with E-state index in [2.05, 4.69) is 32.5 Å². The van der Waals surface area contributed by atoms with E-state index in [4.69, 9.17) is 4.74 Å². The van der Waals surface area contributed by atoms with Crippen molar-refractivity contribution in [3.05, 3.63) is 65.7 Å². The third-order valence-electron chi connectivity index (χ3n) is 4.27. The molecule has 0 unspecified atom stereocenters. The standard InChI is InChI=1S/C21H30N4O3S.HI/c1-22-21(23-13-7-11-18-8-4-3-5-9-18)24-17-19-10-6-12-20(16-19)29(26,27)25-14-15-28-2;/h3-6,8-10,12,16,25H,7,11,13-15,17H2,1-2H3,(H2,22,23,24);1H. The van der Waals surface area contributed by atoms with Crippen molar-refractivity contribution >= 4 is 40.0 Å². The van der Waals surface area contributed by atoms with Gasteiger partial charge in [-0.15, -0.1) is 24.0 Å². The molecule has 0 bridgehead atoms. The van der Waals surface area contributed by atoms with Crippen molar-refractivity contribution in [1.82, 2.24) is 15.4 Å². The van der Waals surface area contributed by atoms with Crippen molar-refractivity contribution in [3.63, 3.8) is 0 Å². The molecule has 2 aromatic rings. The molecule has 0 heterocycles. The highest BCUT2D eigenvalue weighted by Crippen LogP contribution is 2.11. The minimum absolute atomic E-state index is 0. The van der Waals surface area contributed by atoms with Gasteiger partial charge in [-0.3, -0.25) is 4.99 Å². The van der Waals surface area contributed by atoms with Gasteiger partial charge in [-0.1, -0.05) is 42.5 Å². The molecule has 0 saturated carbocycles. The summed E-state index contributed by atoms with van der Waals surface area (Å²) in [5, 5.41) is 6.50. The fraction of sp³-hybridized carbons (Fsp3) is 0.381. The fourth-order valence-electron chi connectivity index (χ4n) is 2.73. The Kier molecular flexibility index (Phi) is 12.6. The van der Waals surface area contributed by atoms with Crippen LogP contribution in [0.1, 0.15) is 17.5 Å². The molecule has 9 heteroatoms. The highest BCUT2D eigenvalue weighted by atomic mass is 127. The molecule has 0 aliphatic carbocycles. The zero-order valence-corrected chi connectivity index (χ0v) is 20.6. The monoisotopic (exact) mass is 546 g/mol. The Bertz CT molecular complexity index is 877. The average Bonchev–Trinajstić information content (AvgIpc) is 2.74. The molecule has 0 atom stereocenters. The summed E-state index contributed by atoms with van der Waals surface area (Å²) in [6.45, 7) is 1.83. The van der Waals surface area contributed by atoms with E-state index in [1.54, 1.807) is 25.2 Å². The van der Waals surface area contributed by atoms with Gasteiger partial charge in [0.25, 0.3) is 0 Å². The Morgan fingerprint density at radius 1 is 1.00 bits per heavy atom. The van der Waals surface area contributed by atoms with Crippen molar-refractivity contribution in [1.29, 1.82) is 0 Å². The molecule has 166 valence electrons. The van der Waals surface area contributed by atoms with Gasteiger partial charge >= 0.3 is 0 Å². The number of aryl methyl sites for hydroxylation is 1. The van der Waals surface area contributed by atoms with Crippen LogP contribution in [0.4, 0.5) is 0 Å². The van der Waals surface area contributed by atoms with E-state index in [9.17, 15) is 8.42 Å². The van der Waals surface area contributed by atoms with Crippen LogP contribution in [0.5, 0.6) is 0 Å². The normalized spacial score (nSPS) is 11.6. The van der Waals surface area contributed by atoms with Crippen molar-refractivity contribution < 1.29 is 13.2 Å². The first-order chi connectivity index (χ1) is 14.0. The summed E-state index contributed by atoms with van der Waals surface area (Å²) in [5.41, 5.74) is 2.17. The lowest BCUT2D eigenvalue weighted by molar-refractivity contribution is 0.204. The SMILES string of the molecule is CN=C(NCCCc1ccccc1)NCc1cccc(S(=O)(=O)NCCOC)c1.I. The van der Waals surface area contributed by atoms with E-state index < -0.39 is 10.0 Å². The molecule has 0 spiro atoms. The third kappa shape index (κ3) is 9.41. The summed E-state index contributed by atoms with van der Waals surface area (Å²) in [6, 6.07) is 17.2. The molecule has 2 rings (SSSR count). The van der Waals surface area contributed by atoms with Crippen LogP contribution in [0.25, 0.3) is 0 Å². The topological polar surface area (TPSA) is 91.8 Å². The van der Waals surface area contributed by atoms with Gasteiger partial charge in [0.1, 0.15) is 0 Å². The number of benzene rings is 2. The Balaban J connectivity index is 0.00000450. The number of hydrogen-bond acceptors (Lipinski definition) is 4. The van der Waals surface area contributed by atoms with E-state index in [1.165, 1.54) is 12.7 Å². The van der Waals surface area contributed by atoms with E-state index in [0.29, 0.717) is 19.1 Å². The van der Waals surface area contributed by atoms with Crippen molar-refractivity contribution in [2.45, 2.75) is 24.3 Å². The minimum Gasteiger partial charge on any atom is -0.383 e. The number of ether oxygens (including phenoxy) is 1. The molecular weight excluding hydrogens is 515 g/mol. The third-order valence-corrected chi connectivity index (χ3v) is 5.73. The number of hydrogen-bond donors (Lipinski definition) is 3. The predicted octanol–water partition coefficient (Wildman–Crippen LogP) is 2.53. The first kappa shape index (κ1) is 26.3. The van der Waals surface area contributed by atoms with E-state index in [-0.39, 0.29) is 35.4 Å². The predicted molar refractivity (Wildman–Crippen MR) is 132 cm³/mol. The summed E-state index contributed by atoms with van der Waals surface area (Å²) < 4.78 is 32.0. The number of halogens is 1. The molecule has 2 aromatic carbocycles. The summed E-state index contributed by atoms with van der Waals surface area (Å²) in [6.07, 6.45) is 1.99. The van der Waals surface area contributed by atoms with E-state index in [0.717, 1.165) is 24.9 Å². The number of methoxy groups -OCH3 is 1. The zero-order chi connectivity index (χ0) is 21.0. The molecule has 0 amide bonds. The van der Waals surface area contributed by atoms with Gasteiger partial charge in [0, 0.05) is 33.8 Å². The lowest BCUT2D eigenvalue weighted by atomic mass is 10.1. The fourth-order valence-corrected chi connectivity index (χ4v) is 3.82. The Morgan fingerprint density at radius 3 is 2.43 bits per heavy atom. The molecule has 7 nitrogen and oxygen atoms in total. The molecule has 30 heavy (non-hydrogen) atoms. The molecule has 0 saturated heterocycles. The van der Waals surface area contributed by atoms with Crippen LogP contribution >= 0.6 is 24.0 Å². The largest absolute Gasteiger partial charge is 0.383 e. The molecule has 0 radical (unpaired) electrons. The van der Waals surface area contributed by atoms with Crippen LogP contribution in [-0.2, 0) is 27.7 Å². The first-order valence-electron chi connectivity index (χ1n) is 9.61. The van der Waals surface area contributed by atoms with Crippen LogP contribution in [0.2, 0.25) is 0 Å². The maximum atomic E-state index is 12.3. The molecule has 0 fully saturated rings. The minimum atomic E-state index is -3.55. The van der Waals surface area contributed by atoms with Crippen LogP contribution in [0, 0.1) is 0 Å². The molecule has 0 aliphatic rings. The average molecular weight is 546 g/mol. The van der Waals surface area contributed by atoms with Gasteiger partial charge in [-0.2, -0.15) is 0 Å². The summed E-state index contributed by atoms with van der Waals surface area (Å²) in [4.78, 5) is 4.45. The van der Waals surface area contributed by atoms with Crippen LogP contribution in [0.3, 0.4) is 0 Å². The van der Waals surface area contributed by atoms with Gasteiger partial charge in [0.05, 0.1) is 11.5 Å². The highest BCUT2D eigenvalue weighted by molar-refractivity contribution is 14.0. The zero-order valence-electron chi connectivity index (χ0n) is 17.4. The van der Waals surface area contributed by atoms with Crippen molar-refractivity contribution in [3.8, 4) is 0 Å².